The van der Waals surface area contributed by atoms with Crippen LogP contribution >= 0.6 is 0 Å². The molecule has 0 aromatic heterocycles. The van der Waals surface area contributed by atoms with E-state index in [9.17, 15) is 5.11 Å². The van der Waals surface area contributed by atoms with Crippen LogP contribution in [0.4, 0.5) is 0 Å². The van der Waals surface area contributed by atoms with Crippen molar-refractivity contribution in [2.75, 3.05) is 41.1 Å². The Kier molecular flexibility index (Phi) is 6.55. The number of morpholine rings is 1. The molecule has 1 fully saturated rings. The first kappa shape index (κ1) is 19.5. The second kappa shape index (κ2) is 9.08. The maximum absolute atomic E-state index is 9.89. The molecule has 2 aromatic carbocycles. The summed E-state index contributed by atoms with van der Waals surface area (Å²) in [6.07, 6.45) is -0.303. The minimum Gasteiger partial charge on any atom is -0.497 e. The summed E-state index contributed by atoms with van der Waals surface area (Å²) in [5.41, 5.74) is 2.17. The van der Waals surface area contributed by atoms with E-state index in [1.54, 1.807) is 21.3 Å². The number of nitrogens with zero attached hydrogens (tertiary/aromatic N) is 1. The lowest BCUT2D eigenvalue weighted by Crippen LogP contribution is -2.46. The van der Waals surface area contributed by atoms with Crippen molar-refractivity contribution in [1.29, 1.82) is 0 Å². The molecule has 2 aromatic rings. The Labute approximate surface area is 160 Å². The molecule has 0 aliphatic carbocycles. The van der Waals surface area contributed by atoms with Crippen molar-refractivity contribution in [2.24, 2.45) is 0 Å². The van der Waals surface area contributed by atoms with Gasteiger partial charge in [0.05, 0.1) is 40.6 Å². The van der Waals surface area contributed by atoms with Crippen LogP contribution in [0.1, 0.15) is 17.2 Å². The first-order chi connectivity index (χ1) is 13.2. The Morgan fingerprint density at radius 1 is 1.04 bits per heavy atom. The summed E-state index contributed by atoms with van der Waals surface area (Å²) >= 11 is 0. The zero-order valence-corrected chi connectivity index (χ0v) is 16.1. The predicted molar refractivity (Wildman–Crippen MR) is 103 cm³/mol. The molecule has 1 N–H and O–H groups in total. The van der Waals surface area contributed by atoms with Gasteiger partial charge in [0.2, 0.25) is 0 Å². The molecule has 1 aliphatic heterocycles. The quantitative estimate of drug-likeness (QED) is 0.805. The van der Waals surface area contributed by atoms with Crippen molar-refractivity contribution in [3.63, 3.8) is 0 Å². The van der Waals surface area contributed by atoms with E-state index in [1.807, 2.05) is 36.4 Å². The molecular weight excluding hydrogens is 346 g/mol. The fraction of sp³-hybridized carbons (Fsp3) is 0.429. The standard InChI is InChI=1S/C21H27NO5/c1-24-17-6-4-5-15(11-17)13-22-9-10-27-20(14-23)21(22)16-7-8-18(25-2)19(12-16)26-3/h4-8,11-12,20-21,23H,9-10,13-14H2,1-3H3. The molecular formula is C21H27NO5. The van der Waals surface area contributed by atoms with Gasteiger partial charge < -0.3 is 24.1 Å². The molecule has 0 radical (unpaired) electrons. The van der Waals surface area contributed by atoms with E-state index < -0.39 is 0 Å². The van der Waals surface area contributed by atoms with Crippen molar-refractivity contribution in [2.45, 2.75) is 18.7 Å². The minimum absolute atomic E-state index is 0.0480. The monoisotopic (exact) mass is 373 g/mol. The molecule has 0 spiro atoms. The molecule has 2 unspecified atom stereocenters. The molecule has 2 atom stereocenters. The molecule has 3 rings (SSSR count). The summed E-state index contributed by atoms with van der Waals surface area (Å²) in [7, 11) is 4.91. The third-order valence-corrected chi connectivity index (χ3v) is 4.90. The number of aliphatic hydroxyl groups excluding tert-OH is 1. The van der Waals surface area contributed by atoms with Gasteiger partial charge in [-0.2, -0.15) is 0 Å². The smallest absolute Gasteiger partial charge is 0.161 e. The van der Waals surface area contributed by atoms with Gasteiger partial charge >= 0.3 is 0 Å². The molecule has 6 heteroatoms. The van der Waals surface area contributed by atoms with E-state index >= 15 is 0 Å². The fourth-order valence-electron chi connectivity index (χ4n) is 3.58. The highest BCUT2D eigenvalue weighted by atomic mass is 16.5. The van der Waals surface area contributed by atoms with Crippen LogP contribution in [0.15, 0.2) is 42.5 Å². The van der Waals surface area contributed by atoms with Gasteiger partial charge in [-0.1, -0.05) is 18.2 Å². The van der Waals surface area contributed by atoms with Crippen LogP contribution in [0.25, 0.3) is 0 Å². The SMILES string of the molecule is COc1cccc(CN2CCOC(CO)C2c2ccc(OC)c(OC)c2)c1. The van der Waals surface area contributed by atoms with Crippen molar-refractivity contribution in [3.05, 3.63) is 53.6 Å². The summed E-state index contributed by atoms with van der Waals surface area (Å²) in [5.74, 6) is 2.18. The first-order valence-electron chi connectivity index (χ1n) is 9.01. The number of hydrogen-bond acceptors (Lipinski definition) is 6. The number of hydrogen-bond donors (Lipinski definition) is 1. The van der Waals surface area contributed by atoms with E-state index in [4.69, 9.17) is 18.9 Å². The average molecular weight is 373 g/mol. The third kappa shape index (κ3) is 4.35. The van der Waals surface area contributed by atoms with Crippen LogP contribution in [-0.4, -0.2) is 57.2 Å². The molecule has 0 bridgehead atoms. The highest BCUT2D eigenvalue weighted by molar-refractivity contribution is 5.44. The highest BCUT2D eigenvalue weighted by Gasteiger charge is 2.33. The van der Waals surface area contributed by atoms with Gasteiger partial charge in [0.15, 0.2) is 11.5 Å². The zero-order valence-electron chi connectivity index (χ0n) is 16.1. The Morgan fingerprint density at radius 2 is 1.85 bits per heavy atom. The van der Waals surface area contributed by atoms with Crippen LogP contribution in [0.3, 0.4) is 0 Å². The van der Waals surface area contributed by atoms with E-state index in [-0.39, 0.29) is 18.8 Å². The lowest BCUT2D eigenvalue weighted by Gasteiger charge is -2.41. The summed E-state index contributed by atoms with van der Waals surface area (Å²) in [4.78, 5) is 2.32. The maximum atomic E-state index is 9.89. The van der Waals surface area contributed by atoms with E-state index in [0.29, 0.717) is 18.1 Å². The lowest BCUT2D eigenvalue weighted by atomic mass is 9.97. The number of aliphatic hydroxyl groups is 1. The van der Waals surface area contributed by atoms with E-state index in [2.05, 4.69) is 11.0 Å². The number of ether oxygens (including phenoxy) is 4. The summed E-state index contributed by atoms with van der Waals surface area (Å²) in [6.45, 7) is 2.04. The Bertz CT molecular complexity index is 751. The molecule has 0 saturated carbocycles. The van der Waals surface area contributed by atoms with Crippen molar-refractivity contribution in [1.82, 2.24) is 4.90 Å². The average Bonchev–Trinajstić information content (AvgIpc) is 2.73. The molecule has 27 heavy (non-hydrogen) atoms. The van der Waals surface area contributed by atoms with Crippen LogP contribution in [0.5, 0.6) is 17.2 Å². The maximum Gasteiger partial charge on any atom is 0.161 e. The van der Waals surface area contributed by atoms with Crippen molar-refractivity contribution >= 4 is 0 Å². The topological polar surface area (TPSA) is 60.4 Å². The third-order valence-electron chi connectivity index (χ3n) is 4.90. The Hall–Kier alpha value is -2.28. The van der Waals surface area contributed by atoms with Crippen LogP contribution in [0.2, 0.25) is 0 Å². The molecule has 1 aliphatic rings. The minimum atomic E-state index is -0.303. The van der Waals surface area contributed by atoms with Gasteiger partial charge in [-0.3, -0.25) is 4.90 Å². The van der Waals surface area contributed by atoms with Gasteiger partial charge in [0.25, 0.3) is 0 Å². The summed E-state index contributed by atoms with van der Waals surface area (Å²) < 4.78 is 22.0. The molecule has 1 heterocycles. The molecule has 146 valence electrons. The molecule has 6 nitrogen and oxygen atoms in total. The fourth-order valence-corrected chi connectivity index (χ4v) is 3.58. The number of benzene rings is 2. The van der Waals surface area contributed by atoms with Crippen LogP contribution in [-0.2, 0) is 11.3 Å². The van der Waals surface area contributed by atoms with Crippen molar-refractivity contribution < 1.29 is 24.1 Å². The first-order valence-corrected chi connectivity index (χ1v) is 9.01. The van der Waals surface area contributed by atoms with Gasteiger partial charge in [-0.25, -0.2) is 0 Å². The van der Waals surface area contributed by atoms with E-state index in [0.717, 1.165) is 30.0 Å². The summed E-state index contributed by atoms with van der Waals surface area (Å²) in [5, 5.41) is 9.89. The molecule has 1 saturated heterocycles. The van der Waals surface area contributed by atoms with Gasteiger partial charge in [0.1, 0.15) is 11.9 Å². The van der Waals surface area contributed by atoms with Crippen LogP contribution < -0.4 is 14.2 Å². The largest absolute Gasteiger partial charge is 0.497 e. The van der Waals surface area contributed by atoms with Gasteiger partial charge in [-0.15, -0.1) is 0 Å². The number of methoxy groups -OCH3 is 3. The van der Waals surface area contributed by atoms with Gasteiger partial charge in [0, 0.05) is 13.1 Å². The lowest BCUT2D eigenvalue weighted by molar-refractivity contribution is -0.0961. The molecule has 0 amide bonds. The summed E-state index contributed by atoms with van der Waals surface area (Å²) in [6, 6.07) is 13.8. The second-order valence-electron chi connectivity index (χ2n) is 6.47. The second-order valence-corrected chi connectivity index (χ2v) is 6.47. The highest BCUT2D eigenvalue weighted by Crippen LogP contribution is 2.36. The van der Waals surface area contributed by atoms with E-state index in [1.165, 1.54) is 0 Å². The Morgan fingerprint density at radius 3 is 2.56 bits per heavy atom. The van der Waals surface area contributed by atoms with Crippen molar-refractivity contribution in [3.8, 4) is 17.2 Å². The van der Waals surface area contributed by atoms with Gasteiger partial charge in [-0.05, 0) is 35.4 Å². The van der Waals surface area contributed by atoms with Crippen LogP contribution in [0, 0.1) is 0 Å². The Balaban J connectivity index is 1.92. The normalized spacial score (nSPS) is 20.3. The zero-order chi connectivity index (χ0) is 19.2. The number of rotatable bonds is 7. The predicted octanol–water partition coefficient (Wildman–Crippen LogP) is 2.65.